The summed E-state index contributed by atoms with van der Waals surface area (Å²) in [7, 11) is 0. The molecule has 0 radical (unpaired) electrons. The van der Waals surface area contributed by atoms with Gasteiger partial charge in [0.1, 0.15) is 0 Å². The first-order valence-electron chi connectivity index (χ1n) is 14.2. The summed E-state index contributed by atoms with van der Waals surface area (Å²) in [6, 6.07) is 0. The van der Waals surface area contributed by atoms with Gasteiger partial charge in [-0.25, -0.2) is 0 Å². The van der Waals surface area contributed by atoms with Gasteiger partial charge in [-0.2, -0.15) is 0 Å². The van der Waals surface area contributed by atoms with E-state index < -0.39 is 0 Å². The quantitative estimate of drug-likeness (QED) is 0.0968. The van der Waals surface area contributed by atoms with Gasteiger partial charge in [0, 0.05) is 65.4 Å². The largest absolute Gasteiger partial charge is 0.329 e. The van der Waals surface area contributed by atoms with Crippen LogP contribution in [0.5, 0.6) is 0 Å². The van der Waals surface area contributed by atoms with Crippen LogP contribution in [0.3, 0.4) is 0 Å². The molecule has 0 bridgehead atoms. The minimum Gasteiger partial charge on any atom is -0.329 e. The first-order valence-corrected chi connectivity index (χ1v) is 14.2. The fourth-order valence-corrected chi connectivity index (χ4v) is 3.88. The van der Waals surface area contributed by atoms with Gasteiger partial charge < -0.3 is 32.3 Å². The van der Waals surface area contributed by atoms with E-state index in [1.54, 1.807) is 0 Å². The zero-order valence-electron chi connectivity index (χ0n) is 21.8. The molecule has 0 aliphatic carbocycles. The Labute approximate surface area is 201 Å². The Morgan fingerprint density at radius 1 is 0.344 bits per heavy atom. The fraction of sp³-hybridized carbons (Fsp3) is 1.00. The molecule has 6 heteroatoms. The maximum atomic E-state index is 5.43. The molecule has 0 fully saturated rings. The molecule has 0 saturated carbocycles. The van der Waals surface area contributed by atoms with Crippen LogP contribution in [0.15, 0.2) is 0 Å². The zero-order chi connectivity index (χ0) is 23.2. The second-order valence-corrected chi connectivity index (χ2v) is 9.13. The Morgan fingerprint density at radius 2 is 0.625 bits per heavy atom. The molecule has 32 heavy (non-hydrogen) atoms. The Morgan fingerprint density at radius 3 is 0.969 bits per heavy atom. The van der Waals surface area contributed by atoms with Crippen molar-refractivity contribution in [2.24, 2.45) is 5.73 Å². The van der Waals surface area contributed by atoms with E-state index >= 15 is 0 Å². The van der Waals surface area contributed by atoms with Crippen molar-refractivity contribution in [2.45, 2.75) is 96.8 Å². The van der Waals surface area contributed by atoms with E-state index in [1.807, 2.05) is 0 Å². The predicted octanol–water partition coefficient (Wildman–Crippen LogP) is 3.37. The topological polar surface area (TPSA) is 86.2 Å². The van der Waals surface area contributed by atoms with Crippen LogP contribution < -0.4 is 32.3 Å². The summed E-state index contributed by atoms with van der Waals surface area (Å²) < 4.78 is 0. The summed E-state index contributed by atoms with van der Waals surface area (Å²) in [5.74, 6) is 0. The smallest absolute Gasteiger partial charge is 0.00772 e. The monoisotopic (exact) mass is 456 g/mol. The fourth-order valence-electron chi connectivity index (χ4n) is 3.88. The number of unbranched alkanes of at least 4 members (excludes halogenated alkanes) is 13. The second kappa shape index (κ2) is 30.8. The van der Waals surface area contributed by atoms with E-state index in [0.717, 1.165) is 58.9 Å². The predicted molar refractivity (Wildman–Crippen MR) is 144 cm³/mol. The lowest BCUT2D eigenvalue weighted by molar-refractivity contribution is 0.525. The minimum absolute atomic E-state index is 0.712. The number of rotatable bonds is 29. The lowest BCUT2D eigenvalue weighted by Crippen LogP contribution is -2.37. The molecule has 6 nitrogen and oxygen atoms in total. The third-order valence-electron chi connectivity index (χ3n) is 5.94. The molecule has 0 rings (SSSR count). The number of nitrogens with two attached hydrogens (primary N) is 1. The SMILES string of the molecule is CCCCCCCCCCCCCCCCNCCNCCNCCNCCNCCN. The van der Waals surface area contributed by atoms with Crippen LogP contribution in [0, 0.1) is 0 Å². The average molecular weight is 457 g/mol. The van der Waals surface area contributed by atoms with Crippen molar-refractivity contribution in [3.63, 3.8) is 0 Å². The summed E-state index contributed by atoms with van der Waals surface area (Å²) in [5.41, 5.74) is 5.43. The number of hydrogen-bond donors (Lipinski definition) is 6. The van der Waals surface area contributed by atoms with Gasteiger partial charge in [0.2, 0.25) is 0 Å². The summed E-state index contributed by atoms with van der Waals surface area (Å²) in [6.45, 7) is 13.3. The van der Waals surface area contributed by atoms with Crippen molar-refractivity contribution >= 4 is 0 Å². The Balaban J connectivity index is 2.98. The third kappa shape index (κ3) is 29.8. The van der Waals surface area contributed by atoms with Crippen LogP contribution in [0.4, 0.5) is 0 Å². The first-order chi connectivity index (χ1) is 15.9. The van der Waals surface area contributed by atoms with Gasteiger partial charge in [-0.1, -0.05) is 90.4 Å². The Bertz CT molecular complexity index is 287. The van der Waals surface area contributed by atoms with Crippen LogP contribution in [-0.2, 0) is 0 Å². The molecule has 0 heterocycles. The molecule has 0 atom stereocenters. The van der Waals surface area contributed by atoms with Crippen LogP contribution in [-0.4, -0.2) is 72.0 Å². The lowest BCUT2D eigenvalue weighted by atomic mass is 10.0. The first kappa shape index (κ1) is 31.8. The molecule has 194 valence electrons. The summed E-state index contributed by atoms with van der Waals surface area (Å²) in [4.78, 5) is 0. The van der Waals surface area contributed by atoms with Crippen molar-refractivity contribution in [3.05, 3.63) is 0 Å². The molecular formula is C26H60N6. The van der Waals surface area contributed by atoms with E-state index in [1.165, 1.54) is 96.4 Å². The molecule has 0 saturated heterocycles. The highest BCUT2D eigenvalue weighted by atomic mass is 15.0. The number of hydrogen-bond acceptors (Lipinski definition) is 6. The van der Waals surface area contributed by atoms with Crippen LogP contribution in [0.1, 0.15) is 96.8 Å². The summed E-state index contributed by atoms with van der Waals surface area (Å²) >= 11 is 0. The van der Waals surface area contributed by atoms with Gasteiger partial charge in [-0.05, 0) is 13.0 Å². The van der Waals surface area contributed by atoms with Gasteiger partial charge in [-0.3, -0.25) is 0 Å². The zero-order valence-corrected chi connectivity index (χ0v) is 21.8. The molecule has 0 aromatic carbocycles. The highest BCUT2D eigenvalue weighted by molar-refractivity contribution is 4.58. The molecule has 0 amide bonds. The Hall–Kier alpha value is -0.240. The van der Waals surface area contributed by atoms with E-state index in [-0.39, 0.29) is 0 Å². The Kier molecular flexibility index (Phi) is 30.5. The van der Waals surface area contributed by atoms with E-state index in [9.17, 15) is 0 Å². The molecule has 0 spiro atoms. The maximum Gasteiger partial charge on any atom is 0.00772 e. The lowest BCUT2D eigenvalue weighted by Gasteiger charge is -2.09. The van der Waals surface area contributed by atoms with Crippen molar-refractivity contribution in [1.29, 1.82) is 0 Å². The van der Waals surface area contributed by atoms with Crippen molar-refractivity contribution in [1.82, 2.24) is 26.6 Å². The molecule has 0 aromatic heterocycles. The molecular weight excluding hydrogens is 396 g/mol. The molecule has 7 N–H and O–H groups in total. The third-order valence-corrected chi connectivity index (χ3v) is 5.94. The van der Waals surface area contributed by atoms with Gasteiger partial charge >= 0.3 is 0 Å². The molecule has 0 aliphatic rings. The maximum absolute atomic E-state index is 5.43. The van der Waals surface area contributed by atoms with E-state index in [0.29, 0.717) is 6.54 Å². The van der Waals surface area contributed by atoms with Crippen LogP contribution in [0.2, 0.25) is 0 Å². The molecule has 0 aromatic rings. The minimum atomic E-state index is 0.712. The van der Waals surface area contributed by atoms with Gasteiger partial charge in [0.15, 0.2) is 0 Å². The highest BCUT2D eigenvalue weighted by Gasteiger charge is 1.95. The standard InChI is InChI=1S/C26H60N6/c1-2-3-4-5-6-7-8-9-10-11-12-13-14-15-17-28-19-21-30-23-25-32-26-24-31-22-20-29-18-16-27/h28-32H,2-27H2,1H3. The van der Waals surface area contributed by atoms with Crippen molar-refractivity contribution in [3.8, 4) is 0 Å². The highest BCUT2D eigenvalue weighted by Crippen LogP contribution is 2.12. The normalized spacial score (nSPS) is 11.4. The van der Waals surface area contributed by atoms with Gasteiger partial charge in [0.05, 0.1) is 0 Å². The van der Waals surface area contributed by atoms with Gasteiger partial charge in [-0.15, -0.1) is 0 Å². The summed E-state index contributed by atoms with van der Waals surface area (Å²) in [6.07, 6.45) is 20.0. The average Bonchev–Trinajstić information content (AvgIpc) is 2.81. The van der Waals surface area contributed by atoms with E-state index in [4.69, 9.17) is 5.73 Å². The van der Waals surface area contributed by atoms with Crippen molar-refractivity contribution in [2.75, 3.05) is 72.0 Å². The second-order valence-electron chi connectivity index (χ2n) is 9.13. The number of nitrogens with one attached hydrogen (secondary N) is 5. The van der Waals surface area contributed by atoms with E-state index in [2.05, 4.69) is 33.5 Å². The molecule has 0 aliphatic heterocycles. The van der Waals surface area contributed by atoms with Crippen LogP contribution in [0.25, 0.3) is 0 Å². The summed E-state index contributed by atoms with van der Waals surface area (Å²) in [5, 5.41) is 17.2. The van der Waals surface area contributed by atoms with Crippen molar-refractivity contribution < 1.29 is 0 Å². The van der Waals surface area contributed by atoms with Crippen LogP contribution >= 0.6 is 0 Å². The van der Waals surface area contributed by atoms with Gasteiger partial charge in [0.25, 0.3) is 0 Å². The molecule has 0 unspecified atom stereocenters.